The van der Waals surface area contributed by atoms with E-state index in [0.717, 1.165) is 18.5 Å². The fourth-order valence-corrected chi connectivity index (χ4v) is 1.96. The highest BCUT2D eigenvalue weighted by Crippen LogP contribution is 2.24. The molecule has 4 nitrogen and oxygen atoms in total. The van der Waals surface area contributed by atoms with Gasteiger partial charge in [-0.1, -0.05) is 31.5 Å². The summed E-state index contributed by atoms with van der Waals surface area (Å²) >= 11 is 5.94. The highest BCUT2D eigenvalue weighted by Gasteiger charge is 2.16. The standard InChI is InChI=1S/C13H16ClN3O/c1-3-11(15-4-2)13-17-16-12(18-13)9-6-5-7-10(14)8-9/h5-8,11,15H,3-4H2,1-2H3. The first-order chi connectivity index (χ1) is 8.74. The second-order valence-electron chi connectivity index (χ2n) is 3.97. The number of halogens is 1. The SMILES string of the molecule is CCNC(CC)c1nnc(-c2cccc(Cl)c2)o1. The molecule has 1 N–H and O–H groups in total. The molecule has 0 aliphatic rings. The topological polar surface area (TPSA) is 51.0 Å². The van der Waals surface area contributed by atoms with E-state index >= 15 is 0 Å². The van der Waals surface area contributed by atoms with Gasteiger partial charge in [0.15, 0.2) is 0 Å². The van der Waals surface area contributed by atoms with Crippen LogP contribution < -0.4 is 5.32 Å². The van der Waals surface area contributed by atoms with Crippen LogP contribution in [0.2, 0.25) is 5.02 Å². The monoisotopic (exact) mass is 265 g/mol. The van der Waals surface area contributed by atoms with Crippen LogP contribution in [0.25, 0.3) is 11.5 Å². The Balaban J connectivity index is 2.24. The molecule has 0 amide bonds. The molecule has 0 aliphatic heterocycles. The van der Waals surface area contributed by atoms with E-state index in [0.29, 0.717) is 16.8 Å². The summed E-state index contributed by atoms with van der Waals surface area (Å²) in [6, 6.07) is 7.50. The maximum absolute atomic E-state index is 5.94. The number of hydrogen-bond acceptors (Lipinski definition) is 4. The summed E-state index contributed by atoms with van der Waals surface area (Å²) in [5.41, 5.74) is 0.840. The summed E-state index contributed by atoms with van der Waals surface area (Å²) in [6.45, 7) is 5.00. The van der Waals surface area contributed by atoms with Crippen LogP contribution in [0.4, 0.5) is 0 Å². The Hall–Kier alpha value is -1.39. The van der Waals surface area contributed by atoms with E-state index in [1.807, 2.05) is 24.3 Å². The molecule has 0 saturated carbocycles. The van der Waals surface area contributed by atoms with Gasteiger partial charge in [0.1, 0.15) is 0 Å². The van der Waals surface area contributed by atoms with Crippen molar-refractivity contribution >= 4 is 11.6 Å². The summed E-state index contributed by atoms with van der Waals surface area (Å²) in [7, 11) is 0. The average Bonchev–Trinajstić information content (AvgIpc) is 2.85. The van der Waals surface area contributed by atoms with Gasteiger partial charge in [-0.2, -0.15) is 0 Å². The highest BCUT2D eigenvalue weighted by atomic mass is 35.5. The van der Waals surface area contributed by atoms with Crippen LogP contribution in [0.15, 0.2) is 28.7 Å². The minimum absolute atomic E-state index is 0.107. The summed E-state index contributed by atoms with van der Waals surface area (Å²) in [5.74, 6) is 1.12. The Morgan fingerprint density at radius 1 is 1.33 bits per heavy atom. The van der Waals surface area contributed by atoms with E-state index in [1.54, 1.807) is 0 Å². The molecule has 18 heavy (non-hydrogen) atoms. The van der Waals surface area contributed by atoms with Gasteiger partial charge in [0.25, 0.3) is 0 Å². The van der Waals surface area contributed by atoms with Gasteiger partial charge in [0.05, 0.1) is 6.04 Å². The van der Waals surface area contributed by atoms with Crippen LogP contribution in [0.1, 0.15) is 32.2 Å². The van der Waals surface area contributed by atoms with E-state index in [2.05, 4.69) is 29.4 Å². The molecule has 1 unspecified atom stereocenters. The first-order valence-corrected chi connectivity index (χ1v) is 6.45. The van der Waals surface area contributed by atoms with Gasteiger partial charge < -0.3 is 9.73 Å². The summed E-state index contributed by atoms with van der Waals surface area (Å²) in [5, 5.41) is 12.1. The Kier molecular flexibility index (Phi) is 4.33. The molecule has 0 fully saturated rings. The largest absolute Gasteiger partial charge is 0.419 e. The Morgan fingerprint density at radius 3 is 2.83 bits per heavy atom. The van der Waals surface area contributed by atoms with Crippen molar-refractivity contribution in [3.05, 3.63) is 35.2 Å². The molecule has 0 saturated heterocycles. The second-order valence-corrected chi connectivity index (χ2v) is 4.41. The Morgan fingerprint density at radius 2 is 2.17 bits per heavy atom. The van der Waals surface area contributed by atoms with Gasteiger partial charge in [-0.3, -0.25) is 0 Å². The number of nitrogens with zero attached hydrogens (tertiary/aromatic N) is 2. The molecule has 2 aromatic rings. The third-order valence-corrected chi connectivity index (χ3v) is 2.90. The maximum Gasteiger partial charge on any atom is 0.247 e. The minimum Gasteiger partial charge on any atom is -0.419 e. The smallest absolute Gasteiger partial charge is 0.247 e. The molecule has 1 atom stereocenters. The van der Waals surface area contributed by atoms with Gasteiger partial charge in [0.2, 0.25) is 11.8 Å². The molecule has 0 radical (unpaired) electrons. The van der Waals surface area contributed by atoms with E-state index < -0.39 is 0 Å². The number of nitrogens with one attached hydrogen (secondary N) is 1. The quantitative estimate of drug-likeness (QED) is 0.900. The van der Waals surface area contributed by atoms with E-state index in [1.165, 1.54) is 0 Å². The molecule has 5 heteroatoms. The average molecular weight is 266 g/mol. The third kappa shape index (κ3) is 2.89. The molecule has 0 spiro atoms. The second kappa shape index (κ2) is 5.98. The van der Waals surface area contributed by atoms with Crippen LogP contribution in [0.5, 0.6) is 0 Å². The molecule has 2 rings (SSSR count). The van der Waals surface area contributed by atoms with Crippen LogP contribution >= 0.6 is 11.6 Å². The predicted molar refractivity (Wildman–Crippen MR) is 71.5 cm³/mol. The summed E-state index contributed by atoms with van der Waals surface area (Å²) < 4.78 is 5.69. The van der Waals surface area contributed by atoms with Crippen molar-refractivity contribution in [3.8, 4) is 11.5 Å². The van der Waals surface area contributed by atoms with Crippen molar-refractivity contribution in [3.63, 3.8) is 0 Å². The molecular formula is C13H16ClN3O. The van der Waals surface area contributed by atoms with Crippen molar-refractivity contribution in [1.82, 2.24) is 15.5 Å². The van der Waals surface area contributed by atoms with Crippen LogP contribution in [0.3, 0.4) is 0 Å². The number of aromatic nitrogens is 2. The zero-order chi connectivity index (χ0) is 13.0. The van der Waals surface area contributed by atoms with Crippen molar-refractivity contribution < 1.29 is 4.42 Å². The van der Waals surface area contributed by atoms with Gasteiger partial charge >= 0.3 is 0 Å². The Bertz CT molecular complexity index is 512. The fourth-order valence-electron chi connectivity index (χ4n) is 1.77. The lowest BCUT2D eigenvalue weighted by atomic mass is 10.2. The van der Waals surface area contributed by atoms with E-state index in [-0.39, 0.29) is 6.04 Å². The molecule has 1 heterocycles. The van der Waals surface area contributed by atoms with Gasteiger partial charge in [0, 0.05) is 10.6 Å². The molecular weight excluding hydrogens is 250 g/mol. The van der Waals surface area contributed by atoms with Crippen molar-refractivity contribution in [2.45, 2.75) is 26.3 Å². The van der Waals surface area contributed by atoms with Crippen LogP contribution in [0, 0.1) is 0 Å². The van der Waals surface area contributed by atoms with E-state index in [9.17, 15) is 0 Å². The maximum atomic E-state index is 5.94. The van der Waals surface area contributed by atoms with Gasteiger partial charge in [-0.15, -0.1) is 10.2 Å². The lowest BCUT2D eigenvalue weighted by Crippen LogP contribution is -2.20. The normalized spacial score (nSPS) is 12.6. The number of rotatable bonds is 5. The molecule has 0 bridgehead atoms. The van der Waals surface area contributed by atoms with E-state index in [4.69, 9.17) is 16.0 Å². The molecule has 96 valence electrons. The zero-order valence-electron chi connectivity index (χ0n) is 10.5. The lowest BCUT2D eigenvalue weighted by molar-refractivity contribution is 0.402. The summed E-state index contributed by atoms with van der Waals surface area (Å²) in [6.07, 6.45) is 0.908. The lowest BCUT2D eigenvalue weighted by Gasteiger charge is -2.09. The zero-order valence-corrected chi connectivity index (χ0v) is 11.2. The fraction of sp³-hybridized carbons (Fsp3) is 0.385. The van der Waals surface area contributed by atoms with Crippen molar-refractivity contribution in [2.75, 3.05) is 6.54 Å². The Labute approximate surface area is 111 Å². The first-order valence-electron chi connectivity index (χ1n) is 6.07. The van der Waals surface area contributed by atoms with Crippen molar-refractivity contribution in [2.24, 2.45) is 0 Å². The predicted octanol–water partition coefficient (Wildman–Crippen LogP) is 3.45. The van der Waals surface area contributed by atoms with Crippen LogP contribution in [-0.4, -0.2) is 16.7 Å². The molecule has 1 aromatic heterocycles. The van der Waals surface area contributed by atoms with Gasteiger partial charge in [-0.05, 0) is 31.2 Å². The third-order valence-electron chi connectivity index (χ3n) is 2.67. The summed E-state index contributed by atoms with van der Waals surface area (Å²) in [4.78, 5) is 0. The molecule has 0 aliphatic carbocycles. The van der Waals surface area contributed by atoms with Crippen molar-refractivity contribution in [1.29, 1.82) is 0 Å². The molecule has 1 aromatic carbocycles. The first kappa shape index (κ1) is 13.1. The number of benzene rings is 1. The number of hydrogen-bond donors (Lipinski definition) is 1. The highest BCUT2D eigenvalue weighted by molar-refractivity contribution is 6.30. The minimum atomic E-state index is 0.107. The van der Waals surface area contributed by atoms with Gasteiger partial charge in [-0.25, -0.2) is 0 Å². The van der Waals surface area contributed by atoms with Crippen LogP contribution in [-0.2, 0) is 0 Å².